The second-order valence-electron chi connectivity index (χ2n) is 4.92. The Balaban J connectivity index is 1.83. The second-order valence-corrected chi connectivity index (χ2v) is 4.92. The van der Waals surface area contributed by atoms with Crippen LogP contribution in [0.4, 0.5) is 0 Å². The zero-order chi connectivity index (χ0) is 13.4. The summed E-state index contributed by atoms with van der Waals surface area (Å²) in [4.78, 5) is 24.4. The molecule has 0 aromatic heterocycles. The van der Waals surface area contributed by atoms with Crippen LogP contribution in [0.2, 0.25) is 0 Å². The Morgan fingerprint density at radius 2 is 2.05 bits per heavy atom. The summed E-state index contributed by atoms with van der Waals surface area (Å²) in [5.74, 6) is 0.0339. The van der Waals surface area contributed by atoms with Gasteiger partial charge in [-0.05, 0) is 12.0 Å². The van der Waals surface area contributed by atoms with Crippen LogP contribution in [0, 0.1) is 5.92 Å². The predicted molar refractivity (Wildman–Crippen MR) is 69.2 cm³/mol. The molecule has 1 aromatic rings. The summed E-state index contributed by atoms with van der Waals surface area (Å²) in [6, 6.07) is 10.0. The van der Waals surface area contributed by atoms with Gasteiger partial charge in [-0.15, -0.1) is 0 Å². The van der Waals surface area contributed by atoms with Crippen molar-refractivity contribution in [1.82, 2.24) is 4.90 Å². The Kier molecular flexibility index (Phi) is 2.95. The average molecular weight is 257 g/mol. The number of aldehydes is 1. The molecule has 1 fully saturated rings. The largest absolute Gasteiger partial charge is 0.369 e. The smallest absolute Gasteiger partial charge is 0.258 e. The van der Waals surface area contributed by atoms with Gasteiger partial charge in [0.05, 0.1) is 11.7 Å². The van der Waals surface area contributed by atoms with Crippen LogP contribution in [0.1, 0.15) is 5.56 Å². The molecule has 4 heteroatoms. The van der Waals surface area contributed by atoms with Crippen molar-refractivity contribution in [3.8, 4) is 0 Å². The van der Waals surface area contributed by atoms with Gasteiger partial charge in [-0.3, -0.25) is 9.59 Å². The lowest BCUT2D eigenvalue weighted by Crippen LogP contribution is -2.64. The molecular formula is C15H15NO3. The zero-order valence-electron chi connectivity index (χ0n) is 10.7. The Hall–Kier alpha value is -1.94. The van der Waals surface area contributed by atoms with Gasteiger partial charge in [-0.2, -0.15) is 0 Å². The van der Waals surface area contributed by atoms with Crippen molar-refractivity contribution in [2.75, 3.05) is 7.11 Å². The third-order valence-corrected chi connectivity index (χ3v) is 3.88. The Bertz CT molecular complexity index is 538. The molecule has 0 saturated carbocycles. The number of carbonyl (C=O) groups excluding carboxylic acids is 2. The maximum Gasteiger partial charge on any atom is 0.258 e. The first-order valence-corrected chi connectivity index (χ1v) is 6.33. The highest BCUT2D eigenvalue weighted by molar-refractivity contribution is 5.96. The van der Waals surface area contributed by atoms with Crippen LogP contribution in [0.5, 0.6) is 0 Å². The number of hydrogen-bond acceptors (Lipinski definition) is 3. The fourth-order valence-electron chi connectivity index (χ4n) is 3.00. The lowest BCUT2D eigenvalue weighted by Gasteiger charge is -2.44. The SMILES string of the molecule is CO[C@@H]1C(=O)N2C(C=O)=C[C@@H](Cc3ccccc3)[C@H]12. The summed E-state index contributed by atoms with van der Waals surface area (Å²) in [5.41, 5.74) is 1.68. The minimum Gasteiger partial charge on any atom is -0.369 e. The molecule has 1 amide bonds. The number of fused-ring (bicyclic) bond motifs is 1. The monoisotopic (exact) mass is 257 g/mol. The highest BCUT2D eigenvalue weighted by Gasteiger charge is 2.55. The topological polar surface area (TPSA) is 46.6 Å². The van der Waals surface area contributed by atoms with Gasteiger partial charge < -0.3 is 9.64 Å². The van der Waals surface area contributed by atoms with E-state index in [9.17, 15) is 9.59 Å². The van der Waals surface area contributed by atoms with E-state index in [1.165, 1.54) is 5.56 Å². The molecule has 3 rings (SSSR count). The maximum absolute atomic E-state index is 11.8. The van der Waals surface area contributed by atoms with Crippen LogP contribution in [0.25, 0.3) is 0 Å². The van der Waals surface area contributed by atoms with E-state index in [2.05, 4.69) is 12.1 Å². The van der Waals surface area contributed by atoms with E-state index in [1.54, 1.807) is 12.0 Å². The average Bonchev–Trinajstić information content (AvgIpc) is 2.75. The zero-order valence-corrected chi connectivity index (χ0v) is 10.7. The normalized spacial score (nSPS) is 28.7. The van der Waals surface area contributed by atoms with Crippen LogP contribution < -0.4 is 0 Å². The first-order chi connectivity index (χ1) is 9.26. The van der Waals surface area contributed by atoms with Gasteiger partial charge >= 0.3 is 0 Å². The van der Waals surface area contributed by atoms with E-state index in [-0.39, 0.29) is 17.9 Å². The van der Waals surface area contributed by atoms with Crippen LogP contribution in [0.15, 0.2) is 42.1 Å². The van der Waals surface area contributed by atoms with Crippen molar-refractivity contribution in [2.24, 2.45) is 5.92 Å². The molecule has 4 nitrogen and oxygen atoms in total. The lowest BCUT2D eigenvalue weighted by molar-refractivity contribution is -0.166. The van der Waals surface area contributed by atoms with E-state index in [0.717, 1.165) is 12.7 Å². The third kappa shape index (κ3) is 1.79. The number of ether oxygens (including phenoxy) is 1. The fraction of sp³-hybridized carbons (Fsp3) is 0.333. The number of benzene rings is 1. The number of rotatable bonds is 4. The molecule has 3 atom stereocenters. The van der Waals surface area contributed by atoms with Gasteiger partial charge in [-0.1, -0.05) is 36.4 Å². The number of hydrogen-bond donors (Lipinski definition) is 0. The van der Waals surface area contributed by atoms with Crippen molar-refractivity contribution >= 4 is 12.2 Å². The minimum atomic E-state index is -0.414. The Labute approximate surface area is 111 Å². The first-order valence-electron chi connectivity index (χ1n) is 6.33. The van der Waals surface area contributed by atoms with Gasteiger partial charge in [0.25, 0.3) is 5.91 Å². The van der Waals surface area contributed by atoms with E-state index in [1.807, 2.05) is 24.3 Å². The number of β-lactam (4-membered cyclic amide) rings is 1. The fourth-order valence-corrected chi connectivity index (χ4v) is 3.00. The maximum atomic E-state index is 11.8. The van der Waals surface area contributed by atoms with Crippen molar-refractivity contribution < 1.29 is 14.3 Å². The molecule has 0 radical (unpaired) electrons. The molecule has 0 bridgehead atoms. The number of carbonyl (C=O) groups is 2. The van der Waals surface area contributed by atoms with Gasteiger partial charge in [0.2, 0.25) is 0 Å². The van der Waals surface area contributed by atoms with Gasteiger partial charge in [0, 0.05) is 13.0 Å². The number of allylic oxidation sites excluding steroid dienone is 1. The van der Waals surface area contributed by atoms with E-state index in [4.69, 9.17) is 4.74 Å². The molecule has 0 aliphatic carbocycles. The molecular weight excluding hydrogens is 242 g/mol. The van der Waals surface area contributed by atoms with Crippen molar-refractivity contribution in [3.05, 3.63) is 47.7 Å². The first kappa shape index (κ1) is 12.1. The molecule has 1 saturated heterocycles. The summed E-state index contributed by atoms with van der Waals surface area (Å²) in [6.07, 6.45) is 3.04. The van der Waals surface area contributed by atoms with Crippen LogP contribution in [-0.4, -0.2) is 36.3 Å². The summed E-state index contributed by atoms with van der Waals surface area (Å²) in [6.45, 7) is 0. The predicted octanol–water partition coefficient (Wildman–Crippen LogP) is 1.17. The Morgan fingerprint density at radius 3 is 2.68 bits per heavy atom. The number of nitrogens with zero attached hydrogens (tertiary/aromatic N) is 1. The van der Waals surface area contributed by atoms with Crippen molar-refractivity contribution in [1.29, 1.82) is 0 Å². The second kappa shape index (κ2) is 4.63. The highest BCUT2D eigenvalue weighted by Crippen LogP contribution is 2.40. The van der Waals surface area contributed by atoms with Crippen molar-refractivity contribution in [2.45, 2.75) is 18.6 Å². The molecule has 19 heavy (non-hydrogen) atoms. The molecule has 0 unspecified atom stereocenters. The van der Waals surface area contributed by atoms with Crippen LogP contribution in [-0.2, 0) is 20.7 Å². The van der Waals surface area contributed by atoms with Gasteiger partial charge in [0.15, 0.2) is 12.4 Å². The summed E-state index contributed by atoms with van der Waals surface area (Å²) in [5, 5.41) is 0. The molecule has 2 aliphatic heterocycles. The van der Waals surface area contributed by atoms with Crippen LogP contribution >= 0.6 is 0 Å². The molecule has 2 aliphatic rings. The van der Waals surface area contributed by atoms with Crippen LogP contribution in [0.3, 0.4) is 0 Å². The van der Waals surface area contributed by atoms with Gasteiger partial charge in [0.1, 0.15) is 0 Å². The molecule has 0 spiro atoms. The lowest BCUT2D eigenvalue weighted by atomic mass is 9.85. The summed E-state index contributed by atoms with van der Waals surface area (Å²) in [7, 11) is 1.54. The van der Waals surface area contributed by atoms with E-state index >= 15 is 0 Å². The third-order valence-electron chi connectivity index (χ3n) is 3.88. The molecule has 98 valence electrons. The van der Waals surface area contributed by atoms with E-state index < -0.39 is 6.10 Å². The molecule has 2 heterocycles. The van der Waals surface area contributed by atoms with Crippen molar-refractivity contribution in [3.63, 3.8) is 0 Å². The molecule has 1 aromatic carbocycles. The number of amides is 1. The number of methoxy groups -OCH3 is 1. The van der Waals surface area contributed by atoms with E-state index in [0.29, 0.717) is 5.70 Å². The highest BCUT2D eigenvalue weighted by atomic mass is 16.5. The minimum absolute atomic E-state index is 0.0297. The quantitative estimate of drug-likeness (QED) is 0.601. The standard InChI is InChI=1S/C15H15NO3/c1-19-14-13-11(7-10-5-3-2-4-6-10)8-12(9-17)16(13)15(14)18/h2-6,8-9,11,13-14H,7H2,1H3/t11-,13-,14+/m1/s1. The van der Waals surface area contributed by atoms with Gasteiger partial charge in [-0.25, -0.2) is 0 Å². The summed E-state index contributed by atoms with van der Waals surface area (Å²) >= 11 is 0. The summed E-state index contributed by atoms with van der Waals surface area (Å²) < 4.78 is 5.23. The Morgan fingerprint density at radius 1 is 1.32 bits per heavy atom. The molecule has 0 N–H and O–H groups in total.